The minimum Gasteiger partial charge on any atom is -0.343 e. The molecule has 102 valence electrons. The molecule has 0 saturated carbocycles. The standard InChI is InChI=1S/C12H22N4O2/c1-12(2,3)13-10(17)11(18)15-14-9-5-7-16(4)8-6-9/h5,14H,6-8H2,1-4H3,(H,13,17)(H,15,18). The molecule has 1 rings (SSSR count). The third-order valence-corrected chi connectivity index (χ3v) is 2.44. The fourth-order valence-electron chi connectivity index (χ4n) is 1.48. The Morgan fingerprint density at radius 3 is 2.44 bits per heavy atom. The van der Waals surface area contributed by atoms with Crippen LogP contribution in [0.3, 0.4) is 0 Å². The molecule has 0 spiro atoms. The van der Waals surface area contributed by atoms with Crippen LogP contribution in [0.15, 0.2) is 11.8 Å². The van der Waals surface area contributed by atoms with Crippen molar-refractivity contribution in [2.45, 2.75) is 32.7 Å². The summed E-state index contributed by atoms with van der Waals surface area (Å²) in [4.78, 5) is 25.2. The summed E-state index contributed by atoms with van der Waals surface area (Å²) in [6.45, 7) is 7.25. The first-order valence-corrected chi connectivity index (χ1v) is 6.04. The van der Waals surface area contributed by atoms with Crippen molar-refractivity contribution < 1.29 is 9.59 Å². The van der Waals surface area contributed by atoms with E-state index in [1.54, 1.807) is 0 Å². The first-order valence-electron chi connectivity index (χ1n) is 6.04. The van der Waals surface area contributed by atoms with Gasteiger partial charge in [-0.1, -0.05) is 0 Å². The largest absolute Gasteiger partial charge is 0.343 e. The zero-order chi connectivity index (χ0) is 13.8. The molecule has 1 heterocycles. The van der Waals surface area contributed by atoms with E-state index < -0.39 is 17.4 Å². The molecule has 0 aliphatic carbocycles. The highest BCUT2D eigenvalue weighted by Crippen LogP contribution is 2.04. The van der Waals surface area contributed by atoms with Gasteiger partial charge in [-0.25, -0.2) is 0 Å². The van der Waals surface area contributed by atoms with Crippen molar-refractivity contribution in [3.8, 4) is 0 Å². The monoisotopic (exact) mass is 254 g/mol. The Labute approximate surface area is 108 Å². The van der Waals surface area contributed by atoms with Gasteiger partial charge in [0.2, 0.25) is 0 Å². The average Bonchev–Trinajstić information content (AvgIpc) is 2.25. The lowest BCUT2D eigenvalue weighted by Gasteiger charge is -2.23. The van der Waals surface area contributed by atoms with Gasteiger partial charge in [-0.15, -0.1) is 0 Å². The van der Waals surface area contributed by atoms with Crippen LogP contribution in [0, 0.1) is 0 Å². The molecule has 6 nitrogen and oxygen atoms in total. The molecule has 1 aliphatic rings. The number of hydrogen-bond acceptors (Lipinski definition) is 4. The number of nitrogens with zero attached hydrogens (tertiary/aromatic N) is 1. The predicted molar refractivity (Wildman–Crippen MR) is 69.4 cm³/mol. The van der Waals surface area contributed by atoms with E-state index in [1.165, 1.54) is 0 Å². The van der Waals surface area contributed by atoms with E-state index in [2.05, 4.69) is 21.1 Å². The van der Waals surface area contributed by atoms with Crippen LogP contribution < -0.4 is 16.2 Å². The van der Waals surface area contributed by atoms with E-state index >= 15 is 0 Å². The number of hydrogen-bond donors (Lipinski definition) is 3. The summed E-state index contributed by atoms with van der Waals surface area (Å²) < 4.78 is 0. The van der Waals surface area contributed by atoms with E-state index in [-0.39, 0.29) is 0 Å². The lowest BCUT2D eigenvalue weighted by atomic mass is 10.1. The van der Waals surface area contributed by atoms with Gasteiger partial charge in [0.25, 0.3) is 0 Å². The van der Waals surface area contributed by atoms with Crippen molar-refractivity contribution in [1.82, 2.24) is 21.1 Å². The molecule has 0 unspecified atom stereocenters. The Kier molecular flexibility index (Phi) is 4.72. The van der Waals surface area contributed by atoms with E-state index in [1.807, 2.05) is 33.9 Å². The quantitative estimate of drug-likeness (QED) is 0.469. The van der Waals surface area contributed by atoms with Gasteiger partial charge in [0.15, 0.2) is 0 Å². The number of nitrogens with one attached hydrogen (secondary N) is 3. The zero-order valence-electron chi connectivity index (χ0n) is 11.5. The molecule has 0 aromatic carbocycles. The molecule has 2 amide bonds. The van der Waals surface area contributed by atoms with Crippen molar-refractivity contribution in [2.24, 2.45) is 0 Å². The minimum absolute atomic E-state index is 0.415. The summed E-state index contributed by atoms with van der Waals surface area (Å²) in [5.74, 6) is -1.31. The van der Waals surface area contributed by atoms with Crippen molar-refractivity contribution in [3.05, 3.63) is 11.8 Å². The van der Waals surface area contributed by atoms with Gasteiger partial charge in [0.05, 0.1) is 0 Å². The molecule has 0 aromatic rings. The highest BCUT2D eigenvalue weighted by molar-refractivity contribution is 6.35. The fourth-order valence-corrected chi connectivity index (χ4v) is 1.48. The fraction of sp³-hybridized carbons (Fsp3) is 0.667. The summed E-state index contributed by atoms with van der Waals surface area (Å²) in [6, 6.07) is 0. The SMILES string of the molecule is CN1CC=C(NNC(=O)C(=O)NC(C)(C)C)CC1. The van der Waals surface area contributed by atoms with Crippen molar-refractivity contribution >= 4 is 11.8 Å². The maximum Gasteiger partial charge on any atom is 0.327 e. The first kappa shape index (κ1) is 14.5. The van der Waals surface area contributed by atoms with Gasteiger partial charge in [-0.05, 0) is 33.9 Å². The number of amides is 2. The van der Waals surface area contributed by atoms with E-state index in [0.717, 1.165) is 25.2 Å². The summed E-state index contributed by atoms with van der Waals surface area (Å²) >= 11 is 0. The van der Waals surface area contributed by atoms with Crippen LogP contribution >= 0.6 is 0 Å². The second kappa shape index (κ2) is 5.86. The topological polar surface area (TPSA) is 73.5 Å². The Balaban J connectivity index is 2.35. The van der Waals surface area contributed by atoms with Crippen molar-refractivity contribution in [3.63, 3.8) is 0 Å². The molecule has 0 radical (unpaired) electrons. The second-order valence-corrected chi connectivity index (χ2v) is 5.52. The first-order chi connectivity index (χ1) is 8.28. The number of likely N-dealkylation sites (N-methyl/N-ethyl adjacent to an activating group) is 1. The van der Waals surface area contributed by atoms with Crippen LogP contribution in [0.25, 0.3) is 0 Å². The Hall–Kier alpha value is -1.56. The third-order valence-electron chi connectivity index (χ3n) is 2.44. The molecule has 0 fully saturated rings. The zero-order valence-corrected chi connectivity index (χ0v) is 11.5. The van der Waals surface area contributed by atoms with Gasteiger partial charge < -0.3 is 15.6 Å². The van der Waals surface area contributed by atoms with Crippen LogP contribution in [-0.4, -0.2) is 42.4 Å². The molecule has 6 heteroatoms. The van der Waals surface area contributed by atoms with Gasteiger partial charge >= 0.3 is 11.8 Å². The Morgan fingerprint density at radius 2 is 1.94 bits per heavy atom. The van der Waals surface area contributed by atoms with E-state index in [0.29, 0.717) is 0 Å². The van der Waals surface area contributed by atoms with Crippen LogP contribution in [0.2, 0.25) is 0 Å². The van der Waals surface area contributed by atoms with E-state index in [9.17, 15) is 9.59 Å². The lowest BCUT2D eigenvalue weighted by molar-refractivity contribution is -0.140. The van der Waals surface area contributed by atoms with Crippen LogP contribution in [-0.2, 0) is 9.59 Å². The van der Waals surface area contributed by atoms with Crippen molar-refractivity contribution in [2.75, 3.05) is 20.1 Å². The molecule has 0 atom stereocenters. The molecule has 1 aliphatic heterocycles. The van der Waals surface area contributed by atoms with Crippen LogP contribution in [0.4, 0.5) is 0 Å². The number of rotatable bonds is 2. The summed E-state index contributed by atoms with van der Waals surface area (Å²) in [6.07, 6.45) is 2.82. The summed E-state index contributed by atoms with van der Waals surface area (Å²) in [5.41, 5.74) is 5.70. The molecule has 3 N–H and O–H groups in total. The highest BCUT2D eigenvalue weighted by atomic mass is 16.2. The smallest absolute Gasteiger partial charge is 0.327 e. The molecular weight excluding hydrogens is 232 g/mol. The van der Waals surface area contributed by atoms with Gasteiger partial charge in [-0.2, -0.15) is 0 Å². The summed E-state index contributed by atoms with van der Waals surface area (Å²) in [7, 11) is 2.03. The Bertz CT molecular complexity index is 358. The number of carbonyl (C=O) groups excluding carboxylic acids is 2. The predicted octanol–water partition coefficient (Wildman–Crippen LogP) is -0.259. The summed E-state index contributed by atoms with van der Waals surface area (Å²) in [5, 5.41) is 2.60. The molecule has 0 aromatic heterocycles. The highest BCUT2D eigenvalue weighted by Gasteiger charge is 2.20. The lowest BCUT2D eigenvalue weighted by Crippen LogP contribution is -2.51. The van der Waals surface area contributed by atoms with Gasteiger partial charge in [0.1, 0.15) is 0 Å². The van der Waals surface area contributed by atoms with Crippen LogP contribution in [0.1, 0.15) is 27.2 Å². The molecular formula is C12H22N4O2. The number of carbonyl (C=O) groups is 2. The third kappa shape index (κ3) is 5.18. The maximum atomic E-state index is 11.5. The second-order valence-electron chi connectivity index (χ2n) is 5.52. The number of hydrazine groups is 1. The van der Waals surface area contributed by atoms with Gasteiger partial charge in [0, 0.05) is 30.7 Å². The van der Waals surface area contributed by atoms with Crippen LogP contribution in [0.5, 0.6) is 0 Å². The van der Waals surface area contributed by atoms with Gasteiger partial charge in [-0.3, -0.25) is 15.0 Å². The van der Waals surface area contributed by atoms with Crippen molar-refractivity contribution in [1.29, 1.82) is 0 Å². The molecule has 18 heavy (non-hydrogen) atoms. The maximum absolute atomic E-state index is 11.5. The minimum atomic E-state index is -0.676. The average molecular weight is 254 g/mol. The molecule has 0 bridgehead atoms. The normalized spacial score (nSPS) is 16.8. The Morgan fingerprint density at radius 1 is 1.28 bits per heavy atom. The van der Waals surface area contributed by atoms with E-state index in [4.69, 9.17) is 0 Å². The molecule has 0 saturated heterocycles.